The average molecular weight is 2110 g/mol. The number of aromatic amines is 3. The van der Waals surface area contributed by atoms with Gasteiger partial charge in [0.05, 0.1) is 44.8 Å². The topological polar surface area (TPSA) is 375 Å². The van der Waals surface area contributed by atoms with E-state index in [0.29, 0.717) is 87.3 Å². The summed E-state index contributed by atoms with van der Waals surface area (Å²) in [6.07, 6.45) is 12.0. The van der Waals surface area contributed by atoms with Crippen LogP contribution in [0.1, 0.15) is 256 Å². The van der Waals surface area contributed by atoms with Crippen molar-refractivity contribution in [3.8, 4) is 28.7 Å². The van der Waals surface area contributed by atoms with Crippen molar-refractivity contribution in [2.45, 2.75) is 262 Å². The summed E-state index contributed by atoms with van der Waals surface area (Å²) in [4.78, 5) is 65.9. The molecule has 0 bridgehead atoms. The Labute approximate surface area is 885 Å². The van der Waals surface area contributed by atoms with Gasteiger partial charge in [-0.3, -0.25) is 0 Å². The maximum atomic E-state index is 11.4. The smallest absolute Gasteiger partial charge is 0.348 e. The molecule has 28 nitrogen and oxygen atoms in total. The third-order valence-corrected chi connectivity index (χ3v) is 26.4. The summed E-state index contributed by atoms with van der Waals surface area (Å²) < 4.78 is 34.3. The number of ether oxygens (including phenoxy) is 4. The second kappa shape index (κ2) is 63.5. The van der Waals surface area contributed by atoms with E-state index in [1.54, 1.807) is 29.8 Å². The number of aryl methyl sites for hydroxylation is 5. The fraction of sp³-hybridized carbons (Fsp3) is 0.445. The minimum atomic E-state index is -0.797. The first kappa shape index (κ1) is 122. The summed E-state index contributed by atoms with van der Waals surface area (Å²) in [5.41, 5.74) is 16.3. The number of thiophene rings is 6. The number of aromatic carboxylic acids is 1. The molecular formula is C110H153N17O11S7. The number of carbonyl (C=O) groups is 4. The lowest BCUT2D eigenvalue weighted by Crippen LogP contribution is -2.22. The quantitative estimate of drug-likeness (QED) is 0.0149. The van der Waals surface area contributed by atoms with Crippen LogP contribution in [0.25, 0.3) is 56.0 Å². The number of aromatic nitrogens is 12. The predicted molar refractivity (Wildman–Crippen MR) is 607 cm³/mol. The third-order valence-electron chi connectivity index (χ3n) is 19.7. The Morgan fingerprint density at radius 2 is 0.979 bits per heavy atom. The molecule has 14 aromatic heterocycles. The SMILES string of the molecule is CC(C)Cc1ccc2n[nH]nc2c1.CC(C)Cc1ccsc1.CC(C)Cc1cnc2[nH]ccc2c1.CC(C)NCc1ccc2cc[nH]c2n1.COC(=O)c1cc(C)c(NC(C)C)s1.COC(=O)c1sc(C)cc1CC(C)C.COC(=O)c1sccc1CC(C)C.COc1ccc(-c2nnc(NC(C)C)o2)cc1.Cc1cc(-c2nnc(NC(C)C)o2)cs1.Cc1cc(CC(C)C)c(C(=O)O)s1.Cc1cc(NC(C)C)sn1. The monoisotopic (exact) mass is 2110 g/mol. The molecule has 2 aromatic carbocycles. The Hall–Kier alpha value is -11.8. The highest BCUT2D eigenvalue weighted by Gasteiger charge is 2.21. The summed E-state index contributed by atoms with van der Waals surface area (Å²) in [6, 6.07) is 41.2. The second-order valence-corrected chi connectivity index (χ2v) is 45.7. The molecule has 16 aromatic rings. The zero-order valence-electron chi connectivity index (χ0n) is 90.2. The van der Waals surface area contributed by atoms with Crippen molar-refractivity contribution in [2.24, 2.45) is 35.5 Å². The molecule has 0 aliphatic heterocycles. The predicted octanol–water partition coefficient (Wildman–Crippen LogP) is 29.1. The number of fused-ring (bicyclic) bond motifs is 3. The van der Waals surface area contributed by atoms with E-state index in [1.807, 2.05) is 145 Å². The second-order valence-electron chi connectivity index (χ2n) is 38.5. The average Bonchev–Trinajstić information content (AvgIpc) is 1.74. The van der Waals surface area contributed by atoms with Gasteiger partial charge in [0.25, 0.3) is 5.89 Å². The van der Waals surface area contributed by atoms with Gasteiger partial charge in [-0.25, -0.2) is 29.1 Å². The Morgan fingerprint density at radius 1 is 0.441 bits per heavy atom. The number of hydrogen-bond donors (Lipinski definition) is 9. The fourth-order valence-electron chi connectivity index (χ4n) is 13.7. The normalized spacial score (nSPS) is 10.8. The summed E-state index contributed by atoms with van der Waals surface area (Å²) in [7, 11) is 5.87. The first-order chi connectivity index (χ1) is 68.8. The van der Waals surface area contributed by atoms with Crippen molar-refractivity contribution in [3.05, 3.63) is 240 Å². The number of carboxylic acids is 1. The van der Waals surface area contributed by atoms with Crippen LogP contribution < -0.4 is 31.3 Å². The maximum absolute atomic E-state index is 11.4. The third kappa shape index (κ3) is 45.8. The Kier molecular flexibility index (Phi) is 53.4. The minimum Gasteiger partial charge on any atom is -0.497 e. The minimum absolute atomic E-state index is 0.209. The van der Waals surface area contributed by atoms with Crippen LogP contribution >= 0.6 is 79.6 Å². The molecule has 0 saturated heterocycles. The van der Waals surface area contributed by atoms with E-state index in [1.165, 1.54) is 122 Å². The molecule has 0 fully saturated rings. The van der Waals surface area contributed by atoms with Crippen LogP contribution in [0.15, 0.2) is 164 Å². The molecule has 145 heavy (non-hydrogen) atoms. The number of anilines is 4. The van der Waals surface area contributed by atoms with E-state index in [2.05, 4.69) is 293 Å². The van der Waals surface area contributed by atoms with E-state index >= 15 is 0 Å². The number of carboxylic acid groups (broad SMARTS) is 1. The van der Waals surface area contributed by atoms with Crippen molar-refractivity contribution in [3.63, 3.8) is 0 Å². The lowest BCUT2D eigenvalue weighted by atomic mass is 10.0. The van der Waals surface area contributed by atoms with Crippen LogP contribution in [-0.2, 0) is 59.3 Å². The van der Waals surface area contributed by atoms with Gasteiger partial charge >= 0.3 is 35.9 Å². The highest BCUT2D eigenvalue weighted by atomic mass is 32.1. The maximum Gasteiger partial charge on any atom is 0.348 e. The van der Waals surface area contributed by atoms with Crippen molar-refractivity contribution in [1.82, 2.24) is 65.4 Å². The summed E-state index contributed by atoms with van der Waals surface area (Å²) >= 11 is 10.7. The van der Waals surface area contributed by atoms with Gasteiger partial charge in [-0.2, -0.15) is 31.1 Å². The molecule has 9 N–H and O–H groups in total. The van der Waals surface area contributed by atoms with Crippen LogP contribution in [0.5, 0.6) is 5.75 Å². The molecule has 0 amide bonds. The first-order valence-corrected chi connectivity index (χ1v) is 54.8. The van der Waals surface area contributed by atoms with Gasteiger partial charge in [0.1, 0.15) is 52.6 Å². The highest BCUT2D eigenvalue weighted by molar-refractivity contribution is 7.18. The van der Waals surface area contributed by atoms with Gasteiger partial charge in [-0.1, -0.05) is 113 Å². The van der Waals surface area contributed by atoms with Crippen LogP contribution in [0.4, 0.5) is 22.0 Å². The largest absolute Gasteiger partial charge is 0.497 e. The van der Waals surface area contributed by atoms with Crippen molar-refractivity contribution in [2.75, 3.05) is 49.7 Å². The van der Waals surface area contributed by atoms with Gasteiger partial charge in [0, 0.05) is 97.3 Å². The standard InChI is InChI=1S/C12H15N3O2.C11H15N3.C11H14N2.C11H16O2S.C10H13N3OS.C10H13N3.C10H15NO2S.2C10H14O2S.C8H12S.C7H12N2S/c1-8(2)13-12-15-14-11(17-12)9-4-6-10(16-3)7-5-9;1-8(2)13-7-10-4-3-9-5-6-12-11(9)14-10;1-8(2)5-9-6-10-3-4-12-11(10)13-7-9;1-7(2)5-9-6-8(3)14-10(9)11(12)13-4;1-6(2)11-10-13-12-9(14-10)8-4-7(3)15-5-8;1-7(2)5-8-3-4-9-10(6-8)12-13-11-9;1-6(2)11-9-7(3)5-8(14-9)10(12)13-4;1-6(2)4-8-5-7(3)13-9(8)10(11)12;1-7(2)6-8-4-5-13-9(8)10(11)12-3;1-7(2)5-8-3-4-9-6-8;1-5(2)8-7-4-6(3)9-10-7/h4-8H,1-3H3,(H,13,15);3-6,8,13H,7H2,1-2H3,(H,12,14);3-4,6-8H,5H2,1-2H3,(H,12,13);6-7H,5H2,1-4H3;4-6H,1-3H3,(H,11,13);3-4,6-7H,5H2,1-2H3,(H,11,12,13);5-6,11H,1-4H3;5-6H,4H2,1-3H3,(H,11,12);4-5,7H,6H2,1-3H3;3-4,6-7H,5H2,1-2H3;4-5,8H,1-3H3. The number of benzene rings is 2. The molecule has 0 saturated carbocycles. The summed E-state index contributed by atoms with van der Waals surface area (Å²) in [6.45, 7) is 57.7. The number of esters is 3. The Bertz CT molecular complexity index is 6310. The van der Waals surface area contributed by atoms with Crippen LogP contribution in [-0.4, -0.2) is 148 Å². The molecule has 786 valence electrons. The number of nitrogens with one attached hydrogen (secondary N) is 8. The fourth-order valence-corrected chi connectivity index (χ4v) is 19.7. The number of pyridine rings is 2. The van der Waals surface area contributed by atoms with E-state index in [-0.39, 0.29) is 23.9 Å². The number of methoxy groups -OCH3 is 4. The zero-order valence-corrected chi connectivity index (χ0v) is 95.9. The molecule has 0 aliphatic rings. The van der Waals surface area contributed by atoms with Gasteiger partial charge in [0.15, 0.2) is 0 Å². The number of carbonyl (C=O) groups excluding carboxylic acids is 3. The summed E-state index contributed by atoms with van der Waals surface area (Å²) in [5, 5.41) is 64.3. The Balaban J connectivity index is 0.000000245. The summed E-state index contributed by atoms with van der Waals surface area (Å²) in [5.74, 6) is 4.18. The van der Waals surface area contributed by atoms with Gasteiger partial charge < -0.3 is 69.4 Å². The van der Waals surface area contributed by atoms with Crippen LogP contribution in [0.2, 0.25) is 0 Å². The molecule has 0 spiro atoms. The van der Waals surface area contributed by atoms with Crippen LogP contribution in [0.3, 0.4) is 0 Å². The number of nitrogens with zero attached hydrogens (tertiary/aromatic N) is 9. The van der Waals surface area contributed by atoms with Gasteiger partial charge in [0.2, 0.25) is 5.89 Å². The molecule has 0 unspecified atom stereocenters. The zero-order chi connectivity index (χ0) is 107. The number of hydrogen-bond acceptors (Lipinski definition) is 31. The molecule has 14 heterocycles. The molecule has 0 aliphatic carbocycles. The van der Waals surface area contributed by atoms with Crippen molar-refractivity contribution < 1.29 is 52.1 Å². The Morgan fingerprint density at radius 3 is 1.50 bits per heavy atom. The number of rotatable bonds is 30. The van der Waals surface area contributed by atoms with E-state index < -0.39 is 5.97 Å². The van der Waals surface area contributed by atoms with Crippen molar-refractivity contribution >= 4 is 159 Å². The van der Waals surface area contributed by atoms with Gasteiger partial charge in [-0.15, -0.1) is 66.9 Å². The molecular weight excluding hydrogens is 1960 g/mol. The first-order valence-electron chi connectivity index (χ1n) is 48.9. The van der Waals surface area contributed by atoms with E-state index in [4.69, 9.17) is 23.4 Å². The lowest BCUT2D eigenvalue weighted by molar-refractivity contribution is 0.0596. The molecule has 0 atom stereocenters. The van der Waals surface area contributed by atoms with E-state index in [9.17, 15) is 19.2 Å². The lowest BCUT2D eigenvalue weighted by Gasteiger charge is -2.07. The molecule has 35 heteroatoms. The van der Waals surface area contributed by atoms with Crippen LogP contribution in [0, 0.1) is 70.1 Å². The van der Waals surface area contributed by atoms with Crippen molar-refractivity contribution in [1.29, 1.82) is 0 Å². The molecule has 16 rings (SSSR count). The van der Waals surface area contributed by atoms with E-state index in [0.717, 1.165) is 142 Å². The molecule has 0 radical (unpaired) electrons. The highest BCUT2D eigenvalue weighted by Crippen LogP contribution is 2.32. The number of H-pyrrole nitrogens is 3. The van der Waals surface area contributed by atoms with Gasteiger partial charge in [-0.05, 0) is 340 Å².